The van der Waals surface area contributed by atoms with Crippen LogP contribution in [0.2, 0.25) is 5.02 Å². The van der Waals surface area contributed by atoms with E-state index in [1.54, 1.807) is 12.1 Å². The second kappa shape index (κ2) is 15.3. The molecular weight excluding hydrogens is 697 g/mol. The van der Waals surface area contributed by atoms with Crippen molar-refractivity contribution in [1.82, 2.24) is 24.1 Å². The largest absolute Gasteiger partial charge is 0.493 e. The molecule has 3 aromatic heterocycles. The van der Waals surface area contributed by atoms with Crippen LogP contribution in [0.5, 0.6) is 5.75 Å². The number of carbonyl (C=O) groups excluding carboxylic acids is 1. The third kappa shape index (κ3) is 7.05. The minimum atomic E-state index is -0.446. The summed E-state index contributed by atoms with van der Waals surface area (Å²) < 4.78 is 44.5. The van der Waals surface area contributed by atoms with Crippen LogP contribution in [0, 0.1) is 19.7 Å². The van der Waals surface area contributed by atoms with Crippen molar-refractivity contribution in [3.05, 3.63) is 99.0 Å². The summed E-state index contributed by atoms with van der Waals surface area (Å²) >= 11 is 7.15. The first-order valence-electron chi connectivity index (χ1n) is 18.1. The quantitative estimate of drug-likeness (QED) is 0.129. The van der Waals surface area contributed by atoms with Gasteiger partial charge in [-0.25, -0.2) is 9.18 Å². The monoisotopic (exact) mass is 741 g/mol. The SMILES string of the molecule is CCOCCC1OCc2cc(n(C)n2)CCc2cc(c3ccc(F)cc3c2)OCCCn2c(C(=O)OC)c(C)c3c(c(Cl)ccc32)-c2c1nn(C)c2C. The van der Waals surface area contributed by atoms with E-state index in [2.05, 4.69) is 6.07 Å². The fourth-order valence-corrected chi connectivity index (χ4v) is 7.87. The summed E-state index contributed by atoms with van der Waals surface area (Å²) in [6.45, 7) is 8.08. The molecule has 4 heterocycles. The van der Waals surface area contributed by atoms with Crippen molar-refractivity contribution in [2.75, 3.05) is 26.9 Å². The number of esters is 1. The van der Waals surface area contributed by atoms with Crippen LogP contribution in [-0.2, 0) is 54.3 Å². The fraction of sp³-hybridized carbons (Fsp3) is 0.390. The first kappa shape index (κ1) is 36.6. The number of hydrogen-bond acceptors (Lipinski definition) is 7. The molecule has 7 rings (SSSR count). The highest BCUT2D eigenvalue weighted by atomic mass is 35.5. The smallest absolute Gasteiger partial charge is 0.354 e. The lowest BCUT2D eigenvalue weighted by atomic mass is 9.94. The molecule has 1 aliphatic heterocycles. The Bertz CT molecular complexity index is 2330. The number of benzene rings is 3. The molecular formula is C41H45ClFN5O5. The maximum absolute atomic E-state index is 14.4. The first-order chi connectivity index (χ1) is 25.6. The van der Waals surface area contributed by atoms with Crippen LogP contribution in [-0.4, -0.2) is 57.0 Å². The van der Waals surface area contributed by atoms with Gasteiger partial charge in [0.05, 0.1) is 31.7 Å². The average molecular weight is 742 g/mol. The van der Waals surface area contributed by atoms with Gasteiger partial charge in [0.25, 0.3) is 0 Å². The molecule has 0 N–H and O–H groups in total. The van der Waals surface area contributed by atoms with Gasteiger partial charge in [0.15, 0.2) is 0 Å². The van der Waals surface area contributed by atoms with Crippen molar-refractivity contribution in [2.45, 2.75) is 65.7 Å². The minimum absolute atomic E-state index is 0.257. The van der Waals surface area contributed by atoms with E-state index in [1.165, 1.54) is 13.2 Å². The van der Waals surface area contributed by atoms with Gasteiger partial charge < -0.3 is 23.5 Å². The minimum Gasteiger partial charge on any atom is -0.493 e. The van der Waals surface area contributed by atoms with Gasteiger partial charge in [0, 0.05) is 84.1 Å². The number of aromatic nitrogens is 5. The zero-order chi connectivity index (χ0) is 37.4. The van der Waals surface area contributed by atoms with Gasteiger partial charge >= 0.3 is 5.97 Å². The van der Waals surface area contributed by atoms with Crippen LogP contribution in [0.3, 0.4) is 0 Å². The number of fused-ring (bicyclic) bond motifs is 8. The molecule has 8 bridgehead atoms. The Balaban J connectivity index is 1.40. The van der Waals surface area contributed by atoms with Crippen molar-refractivity contribution < 1.29 is 28.1 Å². The van der Waals surface area contributed by atoms with Gasteiger partial charge in [-0.3, -0.25) is 9.36 Å². The number of ether oxygens (including phenoxy) is 4. The van der Waals surface area contributed by atoms with Crippen molar-refractivity contribution in [2.24, 2.45) is 14.1 Å². The molecule has 1 unspecified atom stereocenters. The standard InChI is InChI=1S/C41H45ClFN5O5/c1-7-51-18-15-34-39-37(25(3)46(4)45-39)38-32(42)13-14-33-36(38)24(2)40(41(49)50-6)48(33)16-8-17-52-35-20-26(19-27-21-28(43)10-12-31(27)35)9-11-30-22-29(23-53-34)44-47(30)5/h10,12-14,19-22,34H,7-9,11,15-18,23H2,1-6H3. The van der Waals surface area contributed by atoms with Gasteiger partial charge in [-0.05, 0) is 99.0 Å². The normalized spacial score (nSPS) is 15.4. The van der Waals surface area contributed by atoms with Crippen LogP contribution in [0.25, 0.3) is 32.8 Å². The summed E-state index contributed by atoms with van der Waals surface area (Å²) in [6, 6.07) is 14.7. The van der Waals surface area contributed by atoms with Crippen LogP contribution < -0.4 is 4.74 Å². The Morgan fingerprint density at radius 1 is 1.04 bits per heavy atom. The molecule has 0 spiro atoms. The molecule has 0 amide bonds. The molecule has 3 aromatic carbocycles. The summed E-state index contributed by atoms with van der Waals surface area (Å²) in [6.07, 6.45) is 2.12. The highest BCUT2D eigenvalue weighted by molar-refractivity contribution is 6.35. The Morgan fingerprint density at radius 3 is 2.66 bits per heavy atom. The molecule has 12 heteroatoms. The second-order valence-electron chi connectivity index (χ2n) is 13.6. The van der Waals surface area contributed by atoms with E-state index in [4.69, 9.17) is 40.7 Å². The Labute approximate surface area is 313 Å². The van der Waals surface area contributed by atoms with E-state index in [1.807, 2.05) is 73.1 Å². The molecule has 0 radical (unpaired) electrons. The number of aryl methyl sites for hydroxylation is 6. The molecule has 53 heavy (non-hydrogen) atoms. The number of carbonyl (C=O) groups is 1. The number of rotatable bonds is 5. The zero-order valence-corrected chi connectivity index (χ0v) is 31.8. The second-order valence-corrected chi connectivity index (χ2v) is 14.0. The summed E-state index contributed by atoms with van der Waals surface area (Å²) in [5, 5.41) is 12.8. The van der Waals surface area contributed by atoms with Crippen LogP contribution in [0.1, 0.15) is 70.3 Å². The molecule has 6 aromatic rings. The van der Waals surface area contributed by atoms with Crippen molar-refractivity contribution in [3.63, 3.8) is 0 Å². The van der Waals surface area contributed by atoms with E-state index in [0.29, 0.717) is 62.1 Å². The molecule has 0 aliphatic carbocycles. The van der Waals surface area contributed by atoms with Crippen LogP contribution in [0.4, 0.5) is 4.39 Å². The molecule has 10 nitrogen and oxygen atoms in total. The Morgan fingerprint density at radius 2 is 1.87 bits per heavy atom. The first-order valence-corrected chi connectivity index (χ1v) is 18.5. The van der Waals surface area contributed by atoms with Crippen molar-refractivity contribution in [3.8, 4) is 16.9 Å². The number of hydrogen-bond donors (Lipinski definition) is 0. The van der Waals surface area contributed by atoms with Gasteiger partial charge in [-0.1, -0.05) is 17.7 Å². The van der Waals surface area contributed by atoms with Crippen LogP contribution >= 0.6 is 11.6 Å². The van der Waals surface area contributed by atoms with Crippen molar-refractivity contribution in [1.29, 1.82) is 0 Å². The Kier molecular flexibility index (Phi) is 10.6. The molecule has 278 valence electrons. The highest BCUT2D eigenvalue weighted by Gasteiger charge is 2.30. The predicted octanol–water partition coefficient (Wildman–Crippen LogP) is 8.38. The molecule has 0 fully saturated rings. The third-order valence-electron chi connectivity index (χ3n) is 10.3. The molecule has 0 saturated heterocycles. The maximum Gasteiger partial charge on any atom is 0.354 e. The topological polar surface area (TPSA) is 94.6 Å². The summed E-state index contributed by atoms with van der Waals surface area (Å²) in [5.41, 5.74) is 8.23. The van der Waals surface area contributed by atoms with Gasteiger partial charge in [0.2, 0.25) is 0 Å². The van der Waals surface area contributed by atoms with Crippen molar-refractivity contribution >= 4 is 39.2 Å². The van der Waals surface area contributed by atoms with Gasteiger partial charge in [0.1, 0.15) is 23.4 Å². The predicted molar refractivity (Wildman–Crippen MR) is 203 cm³/mol. The zero-order valence-electron chi connectivity index (χ0n) is 31.1. The van der Waals surface area contributed by atoms with E-state index in [0.717, 1.165) is 73.1 Å². The number of nitrogens with zero attached hydrogens (tertiary/aromatic N) is 5. The van der Waals surface area contributed by atoms with E-state index in [9.17, 15) is 9.18 Å². The third-order valence-corrected chi connectivity index (χ3v) is 10.6. The number of halogens is 2. The fourth-order valence-electron chi connectivity index (χ4n) is 7.62. The lowest BCUT2D eigenvalue weighted by Crippen LogP contribution is -2.13. The molecule has 1 atom stereocenters. The van der Waals surface area contributed by atoms with Crippen LogP contribution in [0.15, 0.2) is 48.5 Å². The van der Waals surface area contributed by atoms with E-state index in [-0.39, 0.29) is 12.4 Å². The number of methoxy groups -OCH3 is 1. The average Bonchev–Trinajstić information content (AvgIpc) is 3.75. The Hall–Kier alpha value is -4.71. The summed E-state index contributed by atoms with van der Waals surface area (Å²) in [7, 11) is 5.25. The lowest BCUT2D eigenvalue weighted by Gasteiger charge is -2.19. The van der Waals surface area contributed by atoms with E-state index < -0.39 is 12.1 Å². The van der Waals surface area contributed by atoms with Gasteiger partial charge in [-0.2, -0.15) is 10.2 Å². The van der Waals surface area contributed by atoms with E-state index >= 15 is 0 Å². The molecule has 1 aliphatic rings. The maximum atomic E-state index is 14.4. The summed E-state index contributed by atoms with van der Waals surface area (Å²) in [5.74, 6) is -0.0465. The van der Waals surface area contributed by atoms with Gasteiger partial charge in [-0.15, -0.1) is 0 Å². The molecule has 0 saturated carbocycles. The summed E-state index contributed by atoms with van der Waals surface area (Å²) in [4.78, 5) is 13.5. The lowest BCUT2D eigenvalue weighted by molar-refractivity contribution is 0.00793. The highest BCUT2D eigenvalue weighted by Crippen LogP contribution is 2.44.